The first-order chi connectivity index (χ1) is 5.79. The van der Waals surface area contributed by atoms with Crippen molar-refractivity contribution in [2.75, 3.05) is 27.2 Å². The minimum Gasteiger partial charge on any atom is -1.00 e. The van der Waals surface area contributed by atoms with E-state index in [2.05, 4.69) is 4.90 Å². The Morgan fingerprint density at radius 2 is 1.79 bits per heavy atom. The van der Waals surface area contributed by atoms with E-state index in [0.29, 0.717) is 0 Å². The fraction of sp³-hybridized carbons (Fsp3) is 0.400. The molecule has 0 aliphatic carbocycles. The Morgan fingerprint density at radius 3 is 2.29 bits per heavy atom. The van der Waals surface area contributed by atoms with Crippen LogP contribution in [0.4, 0.5) is 0 Å². The van der Waals surface area contributed by atoms with E-state index < -0.39 is 0 Å². The minimum atomic E-state index is 0. The second-order valence-corrected chi connectivity index (χ2v) is 2.96. The predicted octanol–water partition coefficient (Wildman–Crippen LogP) is 2.05. The number of halogens is 1. The Hall–Kier alpha value is 0.226. The number of likely N-dealkylation sites (N-methyl/N-ethyl adjacent to an activating group) is 1. The van der Waals surface area contributed by atoms with Crippen molar-refractivity contribution in [1.82, 2.24) is 4.90 Å². The molecule has 0 bridgehead atoms. The van der Waals surface area contributed by atoms with Gasteiger partial charge in [0, 0.05) is 6.54 Å². The van der Waals surface area contributed by atoms with E-state index in [9.17, 15) is 0 Å². The summed E-state index contributed by atoms with van der Waals surface area (Å²) in [6.07, 6.45) is 0. The van der Waals surface area contributed by atoms with Crippen LogP contribution in [0.25, 0.3) is 0 Å². The molecule has 0 fully saturated rings. The van der Waals surface area contributed by atoms with Gasteiger partial charge >= 0.3 is 23.1 Å². The van der Waals surface area contributed by atoms with E-state index in [4.69, 9.17) is 4.74 Å². The molecule has 1 aromatic carbocycles. The molecule has 0 aromatic heterocycles. The van der Waals surface area contributed by atoms with Gasteiger partial charge in [-0.05, 0) is 26.2 Å². The number of rotatable bonds is 4. The van der Waals surface area contributed by atoms with Crippen molar-refractivity contribution in [2.45, 2.75) is 0 Å². The molecule has 1 rings (SSSR count). The van der Waals surface area contributed by atoms with Crippen LogP contribution in [0.5, 0.6) is 5.75 Å². The number of hydrogen-bond acceptors (Lipinski definition) is 2. The van der Waals surface area contributed by atoms with Gasteiger partial charge in [-0.2, -0.15) is 0 Å². The molecule has 2 nitrogen and oxygen atoms in total. The van der Waals surface area contributed by atoms with E-state index >= 15 is 0 Å². The van der Waals surface area contributed by atoms with Crippen molar-refractivity contribution in [3.63, 3.8) is 0 Å². The first-order valence-corrected chi connectivity index (χ1v) is 4.11. The summed E-state index contributed by atoms with van der Waals surface area (Å²) in [6.45, 7) is 1.70. The zero-order chi connectivity index (χ0) is 8.81. The van der Waals surface area contributed by atoms with Crippen LogP contribution in [0.1, 0.15) is 2.85 Å². The zero-order valence-corrected chi connectivity index (χ0v) is 11.9. The van der Waals surface area contributed by atoms with Gasteiger partial charge in [-0.1, -0.05) is 18.2 Å². The second-order valence-electron chi connectivity index (χ2n) is 2.96. The molecule has 0 unspecified atom stereocenters. The van der Waals surface area contributed by atoms with Crippen molar-refractivity contribution >= 4 is 40.0 Å². The predicted molar refractivity (Wildman–Crippen MR) is 68.8 cm³/mol. The summed E-state index contributed by atoms with van der Waals surface area (Å²) in [6, 6.07) is 9.88. The van der Waals surface area contributed by atoms with Gasteiger partial charge in [-0.3, -0.25) is 0 Å². The van der Waals surface area contributed by atoms with Crippen molar-refractivity contribution in [1.29, 1.82) is 0 Å². The maximum Gasteiger partial charge on any atom is 2.00 e. The Morgan fingerprint density at radius 1 is 1.21 bits per heavy atom. The minimum absolute atomic E-state index is 0. The molecule has 14 heavy (non-hydrogen) atoms. The maximum atomic E-state index is 5.48. The molecule has 0 amide bonds. The van der Waals surface area contributed by atoms with Gasteiger partial charge in [0.15, 0.2) is 0 Å². The van der Waals surface area contributed by atoms with Crippen LogP contribution in [0.2, 0.25) is 0 Å². The van der Waals surface area contributed by atoms with Gasteiger partial charge in [0.2, 0.25) is 0 Å². The average Bonchev–Trinajstić information content (AvgIpc) is 2.05. The number of ether oxygens (including phenoxy) is 1. The van der Waals surface area contributed by atoms with Gasteiger partial charge in [-0.15, -0.1) is 17.0 Å². The number of hydrogen-bond donors (Lipinski definition) is 0. The monoisotopic (exact) mass is 271 g/mol. The maximum absolute atomic E-state index is 5.48. The van der Waals surface area contributed by atoms with E-state index in [1.54, 1.807) is 0 Å². The third-order valence-electron chi connectivity index (χ3n) is 1.55. The number of benzene rings is 1. The largest absolute Gasteiger partial charge is 2.00 e. The normalized spacial score (nSPS) is 8.79. The molecule has 0 saturated carbocycles. The van der Waals surface area contributed by atoms with Crippen LogP contribution < -0.4 is 4.74 Å². The molecule has 4 heteroatoms. The Kier molecular flexibility index (Phi) is 11.6. The van der Waals surface area contributed by atoms with E-state index in [1.807, 2.05) is 44.4 Å². The first kappa shape index (κ1) is 16.6. The fourth-order valence-corrected chi connectivity index (χ4v) is 0.863. The van der Waals surface area contributed by atoms with Crippen LogP contribution in [0.15, 0.2) is 30.3 Å². The standard InChI is InChI=1S/C10H15NO.BrH.Mg.2H/c1-11(2)8-9-12-10-6-4-3-5-7-10;;;;/h3-7H,8-9H2,1-2H3;1H;;;/q;;+2;2*-1. The van der Waals surface area contributed by atoms with Gasteiger partial charge in [-0.25, -0.2) is 0 Å². The van der Waals surface area contributed by atoms with Crippen LogP contribution in [0.3, 0.4) is 0 Å². The molecule has 0 atom stereocenters. The van der Waals surface area contributed by atoms with Crippen molar-refractivity contribution in [2.24, 2.45) is 0 Å². The third kappa shape index (κ3) is 7.61. The van der Waals surface area contributed by atoms with E-state index in [1.165, 1.54) is 0 Å². The summed E-state index contributed by atoms with van der Waals surface area (Å²) in [5, 5.41) is 0. The molecule has 0 radical (unpaired) electrons. The van der Waals surface area contributed by atoms with E-state index in [-0.39, 0.29) is 42.9 Å². The molecule has 0 aliphatic rings. The molecular formula is C10H18BrMgNO. The Balaban J connectivity index is -0.000000180. The molecule has 0 heterocycles. The van der Waals surface area contributed by atoms with Gasteiger partial charge in [0.25, 0.3) is 0 Å². The summed E-state index contributed by atoms with van der Waals surface area (Å²) in [5.41, 5.74) is 0. The molecule has 78 valence electrons. The third-order valence-corrected chi connectivity index (χ3v) is 1.55. The summed E-state index contributed by atoms with van der Waals surface area (Å²) < 4.78 is 5.48. The molecule has 0 N–H and O–H groups in total. The van der Waals surface area contributed by atoms with Gasteiger partial charge in [0.05, 0.1) is 0 Å². The van der Waals surface area contributed by atoms with Crippen molar-refractivity contribution in [3.8, 4) is 5.75 Å². The zero-order valence-electron chi connectivity index (χ0n) is 10.8. The van der Waals surface area contributed by atoms with Crippen LogP contribution in [0, 0.1) is 0 Å². The van der Waals surface area contributed by atoms with Crippen LogP contribution in [-0.4, -0.2) is 55.2 Å². The molecule has 0 spiro atoms. The second kappa shape index (κ2) is 9.77. The summed E-state index contributed by atoms with van der Waals surface area (Å²) in [5.74, 6) is 0.944. The first-order valence-electron chi connectivity index (χ1n) is 4.11. The van der Waals surface area contributed by atoms with Gasteiger partial charge < -0.3 is 12.5 Å². The smallest absolute Gasteiger partial charge is 1.00 e. The quantitative estimate of drug-likeness (QED) is 0.778. The van der Waals surface area contributed by atoms with Crippen LogP contribution >= 0.6 is 17.0 Å². The van der Waals surface area contributed by atoms with Crippen LogP contribution in [-0.2, 0) is 0 Å². The molecule has 0 saturated heterocycles. The van der Waals surface area contributed by atoms with Gasteiger partial charge in [0.1, 0.15) is 12.4 Å². The molecule has 1 aromatic rings. The SMILES string of the molecule is Br.CN(C)CCOc1ccccc1.[H-].[H-].[Mg+2]. The average molecular weight is 272 g/mol. The van der Waals surface area contributed by atoms with Crippen molar-refractivity contribution < 1.29 is 7.59 Å². The number of nitrogens with zero attached hydrogens (tertiary/aromatic N) is 1. The van der Waals surface area contributed by atoms with E-state index in [0.717, 1.165) is 18.9 Å². The fourth-order valence-electron chi connectivity index (χ4n) is 0.863. The number of para-hydroxylation sites is 1. The summed E-state index contributed by atoms with van der Waals surface area (Å²) >= 11 is 0. The topological polar surface area (TPSA) is 12.5 Å². The molecular weight excluding hydrogens is 254 g/mol. The summed E-state index contributed by atoms with van der Waals surface area (Å²) in [4.78, 5) is 2.10. The Labute approximate surface area is 116 Å². The van der Waals surface area contributed by atoms with Crippen molar-refractivity contribution in [3.05, 3.63) is 30.3 Å². The Bertz CT molecular complexity index is 227. The summed E-state index contributed by atoms with van der Waals surface area (Å²) in [7, 11) is 4.07. The molecule has 0 aliphatic heterocycles.